The first-order valence-corrected chi connectivity index (χ1v) is 5.77. The Morgan fingerprint density at radius 1 is 1.50 bits per heavy atom. The molecule has 0 saturated heterocycles. The zero-order valence-corrected chi connectivity index (χ0v) is 8.44. The fraction of sp³-hybridized carbons (Fsp3) is 0.800. The van der Waals surface area contributed by atoms with E-state index in [1.165, 1.54) is 30.7 Å². The zero-order chi connectivity index (χ0) is 8.39. The van der Waals surface area contributed by atoms with Crippen LogP contribution in [0.4, 0.5) is 0 Å². The van der Waals surface area contributed by atoms with E-state index in [2.05, 4.69) is 17.7 Å². The fourth-order valence-electron chi connectivity index (χ4n) is 2.17. The quantitative estimate of drug-likeness (QED) is 0.607. The summed E-state index contributed by atoms with van der Waals surface area (Å²) in [5, 5.41) is 1.42. The van der Waals surface area contributed by atoms with Crippen molar-refractivity contribution in [1.29, 1.82) is 0 Å². The summed E-state index contributed by atoms with van der Waals surface area (Å²) in [6.45, 7) is 3.32. The van der Waals surface area contributed by atoms with Crippen LogP contribution in [0.15, 0.2) is 4.99 Å². The van der Waals surface area contributed by atoms with Gasteiger partial charge < -0.3 is 0 Å². The number of nitrogens with zero attached hydrogens (tertiary/aromatic N) is 1. The monoisotopic (exact) mass is 182 g/mol. The minimum atomic E-state index is 0.803. The minimum absolute atomic E-state index is 0.803. The van der Waals surface area contributed by atoms with Crippen LogP contribution in [0.3, 0.4) is 0 Å². The number of aliphatic imine (C=N–C) groups is 1. The predicted molar refractivity (Wildman–Crippen MR) is 55.3 cm³/mol. The van der Waals surface area contributed by atoms with E-state index in [9.17, 15) is 0 Å². The standard InChI is InChI=1S/C10H16NS/c1-8-3-2-4-9(7-8)10-11-5-6-12-10/h6,8-9H,2-5,7H2,1H3. The van der Waals surface area contributed by atoms with E-state index in [1.54, 1.807) is 0 Å². The highest BCUT2D eigenvalue weighted by atomic mass is 32.2. The van der Waals surface area contributed by atoms with Crippen molar-refractivity contribution in [2.45, 2.75) is 32.6 Å². The second kappa shape index (κ2) is 3.82. The van der Waals surface area contributed by atoms with E-state index in [4.69, 9.17) is 0 Å². The maximum absolute atomic E-state index is 4.52. The van der Waals surface area contributed by atoms with Gasteiger partial charge in [-0.1, -0.05) is 19.8 Å². The summed E-state index contributed by atoms with van der Waals surface area (Å²) in [6, 6.07) is 0. The molecule has 12 heavy (non-hydrogen) atoms. The van der Waals surface area contributed by atoms with Gasteiger partial charge in [0, 0.05) is 11.7 Å². The molecule has 0 aromatic rings. The molecule has 2 unspecified atom stereocenters. The van der Waals surface area contributed by atoms with Crippen molar-refractivity contribution >= 4 is 16.8 Å². The Morgan fingerprint density at radius 3 is 3.08 bits per heavy atom. The lowest BCUT2D eigenvalue weighted by Crippen LogP contribution is -2.18. The highest BCUT2D eigenvalue weighted by molar-refractivity contribution is 8.16. The molecule has 0 aromatic heterocycles. The van der Waals surface area contributed by atoms with Crippen LogP contribution in [0.5, 0.6) is 0 Å². The molecule has 1 aliphatic heterocycles. The number of rotatable bonds is 1. The summed E-state index contributed by atoms with van der Waals surface area (Å²) in [5.41, 5.74) is 0. The van der Waals surface area contributed by atoms with Crippen molar-refractivity contribution in [3.8, 4) is 0 Å². The molecule has 1 aliphatic carbocycles. The molecule has 1 radical (unpaired) electrons. The van der Waals surface area contributed by atoms with Crippen molar-refractivity contribution in [3.63, 3.8) is 0 Å². The van der Waals surface area contributed by atoms with Crippen LogP contribution in [-0.2, 0) is 0 Å². The Bertz CT molecular complexity index is 188. The van der Waals surface area contributed by atoms with Crippen LogP contribution < -0.4 is 0 Å². The highest BCUT2D eigenvalue weighted by Gasteiger charge is 2.25. The van der Waals surface area contributed by atoms with Crippen LogP contribution >= 0.6 is 11.8 Å². The fourth-order valence-corrected chi connectivity index (χ4v) is 3.05. The van der Waals surface area contributed by atoms with Gasteiger partial charge in [0.25, 0.3) is 0 Å². The van der Waals surface area contributed by atoms with Gasteiger partial charge in [0.05, 0.1) is 11.6 Å². The normalized spacial score (nSPS) is 36.6. The molecule has 1 nitrogen and oxygen atoms in total. The van der Waals surface area contributed by atoms with Crippen molar-refractivity contribution in [2.75, 3.05) is 6.54 Å². The topological polar surface area (TPSA) is 12.4 Å². The van der Waals surface area contributed by atoms with Gasteiger partial charge in [-0.15, -0.1) is 11.8 Å². The molecule has 1 fully saturated rings. The van der Waals surface area contributed by atoms with Crippen LogP contribution in [0.1, 0.15) is 32.6 Å². The van der Waals surface area contributed by atoms with Gasteiger partial charge in [0.2, 0.25) is 0 Å². The first-order chi connectivity index (χ1) is 5.86. The predicted octanol–water partition coefficient (Wildman–Crippen LogP) is 3.12. The van der Waals surface area contributed by atoms with E-state index in [-0.39, 0.29) is 0 Å². The third-order valence-electron chi connectivity index (χ3n) is 2.81. The van der Waals surface area contributed by atoms with Gasteiger partial charge in [0.15, 0.2) is 0 Å². The lowest BCUT2D eigenvalue weighted by atomic mass is 9.83. The highest BCUT2D eigenvalue weighted by Crippen LogP contribution is 2.35. The molecule has 0 aromatic carbocycles. The largest absolute Gasteiger partial charge is 0.281 e. The first kappa shape index (κ1) is 8.61. The van der Waals surface area contributed by atoms with Gasteiger partial charge in [-0.25, -0.2) is 0 Å². The molecule has 2 aliphatic rings. The van der Waals surface area contributed by atoms with Crippen LogP contribution in [0.2, 0.25) is 0 Å². The maximum atomic E-state index is 4.52. The van der Waals surface area contributed by atoms with E-state index in [0.717, 1.165) is 18.4 Å². The molecule has 0 amide bonds. The summed E-state index contributed by atoms with van der Waals surface area (Å²) in [5.74, 6) is 3.94. The Labute approximate surface area is 79.0 Å². The van der Waals surface area contributed by atoms with Crippen LogP contribution in [0.25, 0.3) is 0 Å². The Morgan fingerprint density at radius 2 is 2.42 bits per heavy atom. The number of hydrogen-bond donors (Lipinski definition) is 0. The van der Waals surface area contributed by atoms with Gasteiger partial charge in [0.1, 0.15) is 0 Å². The summed E-state index contributed by atoms with van der Waals surface area (Å²) in [7, 11) is 0. The average Bonchev–Trinajstić information content (AvgIpc) is 2.56. The van der Waals surface area contributed by atoms with Crippen molar-refractivity contribution in [1.82, 2.24) is 0 Å². The van der Waals surface area contributed by atoms with Crippen molar-refractivity contribution in [2.24, 2.45) is 16.8 Å². The SMILES string of the molecule is CC1CCCC(C2=NC[CH]S2)C1. The van der Waals surface area contributed by atoms with Gasteiger partial charge >= 0.3 is 0 Å². The van der Waals surface area contributed by atoms with Crippen molar-refractivity contribution < 1.29 is 0 Å². The van der Waals surface area contributed by atoms with Gasteiger partial charge in [-0.3, -0.25) is 4.99 Å². The molecular weight excluding hydrogens is 166 g/mol. The second-order valence-electron chi connectivity index (χ2n) is 3.93. The Hall–Kier alpha value is 0.0200. The third kappa shape index (κ3) is 1.85. The summed E-state index contributed by atoms with van der Waals surface area (Å²) in [6.07, 6.45) is 5.59. The molecule has 2 atom stereocenters. The average molecular weight is 182 g/mol. The first-order valence-electron chi connectivity index (χ1n) is 4.89. The Kier molecular flexibility index (Phi) is 2.74. The van der Waals surface area contributed by atoms with Crippen LogP contribution in [0, 0.1) is 17.6 Å². The van der Waals surface area contributed by atoms with E-state index in [0.29, 0.717) is 0 Å². The number of thioether (sulfide) groups is 1. The lowest BCUT2D eigenvalue weighted by Gasteiger charge is -2.26. The molecule has 1 heterocycles. The molecule has 2 rings (SSSR count). The minimum Gasteiger partial charge on any atom is -0.281 e. The van der Waals surface area contributed by atoms with Crippen molar-refractivity contribution in [3.05, 3.63) is 5.75 Å². The molecule has 0 N–H and O–H groups in total. The molecular formula is C10H16NS. The third-order valence-corrected chi connectivity index (χ3v) is 3.83. The molecule has 0 spiro atoms. The smallest absolute Gasteiger partial charge is 0.0711 e. The summed E-state index contributed by atoms with van der Waals surface area (Å²) >= 11 is 1.88. The maximum Gasteiger partial charge on any atom is 0.0711 e. The van der Waals surface area contributed by atoms with Gasteiger partial charge in [-0.2, -0.15) is 0 Å². The Balaban J connectivity index is 1.94. The van der Waals surface area contributed by atoms with Gasteiger partial charge in [-0.05, 0) is 18.8 Å². The zero-order valence-electron chi connectivity index (χ0n) is 7.62. The molecule has 2 heteroatoms. The van der Waals surface area contributed by atoms with E-state index < -0.39 is 0 Å². The summed E-state index contributed by atoms with van der Waals surface area (Å²) < 4.78 is 0. The van der Waals surface area contributed by atoms with E-state index in [1.807, 2.05) is 11.8 Å². The lowest BCUT2D eigenvalue weighted by molar-refractivity contribution is 0.342. The van der Waals surface area contributed by atoms with Crippen LogP contribution in [-0.4, -0.2) is 11.6 Å². The van der Waals surface area contributed by atoms with E-state index >= 15 is 0 Å². The second-order valence-corrected chi connectivity index (χ2v) is 4.92. The molecule has 0 bridgehead atoms. The summed E-state index contributed by atoms with van der Waals surface area (Å²) in [4.78, 5) is 4.52. The molecule has 67 valence electrons. The number of hydrogen-bond acceptors (Lipinski definition) is 2. The molecule has 1 saturated carbocycles.